The van der Waals surface area contributed by atoms with Crippen molar-refractivity contribution in [2.75, 3.05) is 0 Å². The Hall–Kier alpha value is -1.89. The number of hydrogen-bond donors (Lipinski definition) is 2. The van der Waals surface area contributed by atoms with Crippen LogP contribution in [0, 0.1) is 0 Å². The van der Waals surface area contributed by atoms with Gasteiger partial charge in [-0.05, 0) is 18.9 Å². The van der Waals surface area contributed by atoms with Gasteiger partial charge in [-0.1, -0.05) is 0 Å². The molecule has 0 radical (unpaired) electrons. The van der Waals surface area contributed by atoms with Gasteiger partial charge in [-0.2, -0.15) is 0 Å². The molecule has 1 saturated carbocycles. The molecule has 0 aromatic carbocycles. The molecule has 1 fully saturated rings. The van der Waals surface area contributed by atoms with E-state index in [9.17, 15) is 14.4 Å². The largest absolute Gasteiger partial charge is 0.349 e. The minimum atomic E-state index is -0.469. The molecule has 1 aliphatic carbocycles. The Labute approximate surface area is 105 Å². The van der Waals surface area contributed by atoms with Gasteiger partial charge in [-0.25, -0.2) is 4.79 Å². The number of aryl methyl sites for hydroxylation is 1. The van der Waals surface area contributed by atoms with Gasteiger partial charge >= 0.3 is 5.69 Å². The molecule has 7 heteroatoms. The van der Waals surface area contributed by atoms with Gasteiger partial charge < -0.3 is 5.32 Å². The van der Waals surface area contributed by atoms with Crippen LogP contribution in [0.3, 0.4) is 0 Å². The van der Waals surface area contributed by atoms with Crippen molar-refractivity contribution >= 4 is 27.5 Å². The maximum atomic E-state index is 11.9. The maximum absolute atomic E-state index is 11.9. The van der Waals surface area contributed by atoms with E-state index < -0.39 is 11.2 Å². The maximum Gasteiger partial charge on any atom is 0.329 e. The van der Waals surface area contributed by atoms with E-state index in [-0.39, 0.29) is 11.9 Å². The number of rotatable bonds is 2. The summed E-state index contributed by atoms with van der Waals surface area (Å²) in [6, 6.07) is 1.81. The second-order valence-electron chi connectivity index (χ2n) is 4.40. The SMILES string of the molecule is Cn1c(=O)[nH]c(=O)c2cc(C(=O)NC3CC3)sc21. The fraction of sp³-hybridized carbons (Fsp3) is 0.364. The lowest BCUT2D eigenvalue weighted by Gasteiger charge is -1.98. The molecule has 0 atom stereocenters. The third-order valence-corrected chi connectivity index (χ3v) is 4.13. The highest BCUT2D eigenvalue weighted by Gasteiger charge is 2.25. The molecule has 6 nitrogen and oxygen atoms in total. The molecular formula is C11H11N3O3S. The Morgan fingerprint density at radius 1 is 1.50 bits per heavy atom. The van der Waals surface area contributed by atoms with Crippen LogP contribution in [-0.2, 0) is 7.05 Å². The Morgan fingerprint density at radius 2 is 2.22 bits per heavy atom. The van der Waals surface area contributed by atoms with Crippen molar-refractivity contribution in [2.24, 2.45) is 7.05 Å². The van der Waals surface area contributed by atoms with Crippen molar-refractivity contribution in [1.82, 2.24) is 14.9 Å². The van der Waals surface area contributed by atoms with Gasteiger partial charge in [0.1, 0.15) is 4.83 Å². The number of carbonyl (C=O) groups excluding carboxylic acids is 1. The molecule has 0 aliphatic heterocycles. The van der Waals surface area contributed by atoms with E-state index in [0.717, 1.165) is 24.2 Å². The first-order chi connectivity index (χ1) is 8.56. The zero-order valence-electron chi connectivity index (χ0n) is 9.65. The Balaban J connectivity index is 2.12. The first kappa shape index (κ1) is 11.2. The van der Waals surface area contributed by atoms with Crippen LogP contribution in [0.5, 0.6) is 0 Å². The van der Waals surface area contributed by atoms with Crippen LogP contribution >= 0.6 is 11.3 Å². The van der Waals surface area contributed by atoms with Crippen molar-refractivity contribution < 1.29 is 4.79 Å². The van der Waals surface area contributed by atoms with Crippen LogP contribution in [-0.4, -0.2) is 21.5 Å². The summed E-state index contributed by atoms with van der Waals surface area (Å²) in [6.07, 6.45) is 2.02. The average molecular weight is 265 g/mol. The zero-order chi connectivity index (χ0) is 12.9. The second-order valence-corrected chi connectivity index (χ2v) is 5.43. The molecule has 0 unspecified atom stereocenters. The van der Waals surface area contributed by atoms with Crippen molar-refractivity contribution in [3.63, 3.8) is 0 Å². The molecule has 1 amide bonds. The van der Waals surface area contributed by atoms with Crippen LogP contribution < -0.4 is 16.6 Å². The molecule has 2 aromatic rings. The highest BCUT2D eigenvalue weighted by Crippen LogP contribution is 2.24. The molecule has 2 N–H and O–H groups in total. The lowest BCUT2D eigenvalue weighted by atomic mass is 10.3. The van der Waals surface area contributed by atoms with E-state index in [2.05, 4.69) is 10.3 Å². The third kappa shape index (κ3) is 1.76. The summed E-state index contributed by atoms with van der Waals surface area (Å²) in [5.41, 5.74) is -0.918. The van der Waals surface area contributed by atoms with Crippen molar-refractivity contribution in [1.29, 1.82) is 0 Å². The molecule has 0 spiro atoms. The fourth-order valence-corrected chi connectivity index (χ4v) is 2.75. The number of hydrogen-bond acceptors (Lipinski definition) is 4. The van der Waals surface area contributed by atoms with E-state index in [1.165, 1.54) is 10.6 Å². The number of fused-ring (bicyclic) bond motifs is 1. The number of amides is 1. The van der Waals surface area contributed by atoms with Gasteiger partial charge in [0.25, 0.3) is 11.5 Å². The fourth-order valence-electron chi connectivity index (χ4n) is 1.73. The minimum absolute atomic E-state index is 0.175. The lowest BCUT2D eigenvalue weighted by Crippen LogP contribution is -2.27. The molecule has 3 rings (SSSR count). The van der Waals surface area contributed by atoms with E-state index in [1.807, 2.05) is 0 Å². The summed E-state index contributed by atoms with van der Waals surface area (Å²) in [4.78, 5) is 38.1. The summed E-state index contributed by atoms with van der Waals surface area (Å²) in [7, 11) is 1.57. The van der Waals surface area contributed by atoms with Gasteiger partial charge in [-0.3, -0.25) is 19.1 Å². The lowest BCUT2D eigenvalue weighted by molar-refractivity contribution is 0.0955. The monoisotopic (exact) mass is 265 g/mol. The summed E-state index contributed by atoms with van der Waals surface area (Å²) < 4.78 is 1.34. The number of nitrogens with zero attached hydrogens (tertiary/aromatic N) is 1. The highest BCUT2D eigenvalue weighted by molar-refractivity contribution is 7.20. The quantitative estimate of drug-likeness (QED) is 0.812. The third-order valence-electron chi connectivity index (χ3n) is 2.92. The zero-order valence-corrected chi connectivity index (χ0v) is 10.5. The van der Waals surface area contributed by atoms with E-state index in [0.29, 0.717) is 15.1 Å². The van der Waals surface area contributed by atoms with Crippen LogP contribution in [0.4, 0.5) is 0 Å². The Kier molecular flexibility index (Phi) is 2.37. The van der Waals surface area contributed by atoms with E-state index >= 15 is 0 Å². The molecule has 18 heavy (non-hydrogen) atoms. The van der Waals surface area contributed by atoms with Gasteiger partial charge in [-0.15, -0.1) is 11.3 Å². The molecule has 1 aliphatic rings. The van der Waals surface area contributed by atoms with Gasteiger partial charge in [0.15, 0.2) is 0 Å². The Bertz CT molecular complexity index is 751. The number of H-pyrrole nitrogens is 1. The van der Waals surface area contributed by atoms with Crippen LogP contribution in [0.1, 0.15) is 22.5 Å². The molecule has 0 saturated heterocycles. The first-order valence-corrected chi connectivity index (χ1v) is 6.41. The van der Waals surface area contributed by atoms with Gasteiger partial charge in [0.2, 0.25) is 0 Å². The first-order valence-electron chi connectivity index (χ1n) is 5.60. The second kappa shape index (κ2) is 3.81. The summed E-state index contributed by atoms with van der Waals surface area (Å²) in [5, 5.41) is 3.23. The molecule has 0 bridgehead atoms. The minimum Gasteiger partial charge on any atom is -0.349 e. The molecular weight excluding hydrogens is 254 g/mol. The Morgan fingerprint density at radius 3 is 2.89 bits per heavy atom. The summed E-state index contributed by atoms with van der Waals surface area (Å²) in [5.74, 6) is -0.175. The number of thiophene rings is 1. The standard InChI is InChI=1S/C11H11N3O3S/c1-14-10-6(8(15)13-11(14)17)4-7(18-10)9(16)12-5-2-3-5/h4-5H,2-3H2,1H3,(H,12,16)(H,13,15,17). The normalized spacial score (nSPS) is 14.9. The smallest absolute Gasteiger partial charge is 0.329 e. The van der Waals surface area contributed by atoms with Gasteiger partial charge in [0, 0.05) is 13.1 Å². The van der Waals surface area contributed by atoms with Crippen LogP contribution in [0.2, 0.25) is 0 Å². The predicted octanol–water partition coefficient (Wildman–Crippen LogP) is 0.180. The topological polar surface area (TPSA) is 84.0 Å². The summed E-state index contributed by atoms with van der Waals surface area (Å²) in [6.45, 7) is 0. The van der Waals surface area contributed by atoms with Gasteiger partial charge in [0.05, 0.1) is 10.3 Å². The summed E-state index contributed by atoms with van der Waals surface area (Å²) >= 11 is 1.16. The van der Waals surface area contributed by atoms with Crippen molar-refractivity contribution in [3.05, 3.63) is 31.8 Å². The molecule has 2 aromatic heterocycles. The molecule has 2 heterocycles. The number of nitrogens with one attached hydrogen (secondary N) is 2. The number of aromatic amines is 1. The number of carbonyl (C=O) groups is 1. The van der Waals surface area contributed by atoms with E-state index in [1.54, 1.807) is 7.05 Å². The predicted molar refractivity (Wildman–Crippen MR) is 68.2 cm³/mol. The highest BCUT2D eigenvalue weighted by atomic mass is 32.1. The number of aromatic nitrogens is 2. The average Bonchev–Trinajstić information content (AvgIpc) is 3.01. The van der Waals surface area contributed by atoms with Crippen molar-refractivity contribution in [3.8, 4) is 0 Å². The molecule has 94 valence electrons. The van der Waals surface area contributed by atoms with Crippen LogP contribution in [0.25, 0.3) is 10.2 Å². The van der Waals surface area contributed by atoms with E-state index in [4.69, 9.17) is 0 Å². The van der Waals surface area contributed by atoms with Crippen LogP contribution in [0.15, 0.2) is 15.7 Å². The van der Waals surface area contributed by atoms with Crippen molar-refractivity contribution in [2.45, 2.75) is 18.9 Å².